The second-order valence-electron chi connectivity index (χ2n) is 12.2. The highest BCUT2D eigenvalue weighted by molar-refractivity contribution is 5.98. The summed E-state index contributed by atoms with van der Waals surface area (Å²) >= 11 is 0. The van der Waals surface area contributed by atoms with Gasteiger partial charge in [-0.05, 0) is 113 Å². The molecule has 1 aliphatic heterocycles. The number of nitrogens with zero attached hydrogens (tertiary/aromatic N) is 4. The Morgan fingerprint density at radius 1 is 0.925 bits per heavy atom. The zero-order valence-electron chi connectivity index (χ0n) is 25.5. The van der Waals surface area contributed by atoms with E-state index in [1.54, 1.807) is 0 Å². The predicted octanol–water partition coefficient (Wildman–Crippen LogP) is 7.51. The normalized spacial score (nSPS) is 14.4. The van der Waals surface area contributed by atoms with Gasteiger partial charge in [-0.1, -0.05) is 34.1 Å². The molecule has 6 heteroatoms. The van der Waals surface area contributed by atoms with Crippen LogP contribution in [0.2, 0.25) is 0 Å². The minimum Gasteiger partial charge on any atom is -0.494 e. The maximum absolute atomic E-state index is 13.8. The first-order valence-corrected chi connectivity index (χ1v) is 15.6. The van der Waals surface area contributed by atoms with E-state index in [1.807, 2.05) is 31.2 Å². The SMILES string of the molecule is CCOc1ccc(-c2nc3ccc(C(=O)N(CCC(C)C)CCC(C)C)cc3n2CCCN2CCCCC2)cc1. The van der Waals surface area contributed by atoms with Crippen molar-refractivity contribution in [2.24, 2.45) is 11.8 Å². The van der Waals surface area contributed by atoms with Crippen LogP contribution in [0.1, 0.15) is 83.5 Å². The molecular formula is C34H50N4O2. The third kappa shape index (κ3) is 8.09. The zero-order valence-corrected chi connectivity index (χ0v) is 25.5. The van der Waals surface area contributed by atoms with E-state index in [9.17, 15) is 4.79 Å². The quantitative estimate of drug-likeness (QED) is 0.210. The van der Waals surface area contributed by atoms with Gasteiger partial charge in [0, 0.05) is 30.8 Å². The van der Waals surface area contributed by atoms with E-state index >= 15 is 0 Å². The van der Waals surface area contributed by atoms with Gasteiger partial charge >= 0.3 is 0 Å². The van der Waals surface area contributed by atoms with Crippen LogP contribution in [-0.2, 0) is 6.54 Å². The van der Waals surface area contributed by atoms with Crippen LogP contribution >= 0.6 is 0 Å². The number of ether oxygens (including phenoxy) is 1. The van der Waals surface area contributed by atoms with Crippen molar-refractivity contribution in [3.63, 3.8) is 0 Å². The average molecular weight is 547 g/mol. The molecule has 0 spiro atoms. The average Bonchev–Trinajstić information content (AvgIpc) is 3.31. The third-order valence-electron chi connectivity index (χ3n) is 7.96. The van der Waals surface area contributed by atoms with Gasteiger partial charge in [-0.15, -0.1) is 0 Å². The first-order chi connectivity index (χ1) is 19.4. The Hall–Kier alpha value is -2.86. The second-order valence-corrected chi connectivity index (χ2v) is 12.2. The number of aryl methyl sites for hydroxylation is 1. The summed E-state index contributed by atoms with van der Waals surface area (Å²) in [7, 11) is 0. The van der Waals surface area contributed by atoms with E-state index in [2.05, 4.69) is 60.3 Å². The van der Waals surface area contributed by atoms with E-state index in [1.165, 1.54) is 32.4 Å². The van der Waals surface area contributed by atoms with Crippen molar-refractivity contribution in [1.29, 1.82) is 0 Å². The van der Waals surface area contributed by atoms with E-state index in [4.69, 9.17) is 9.72 Å². The van der Waals surface area contributed by atoms with Crippen molar-refractivity contribution in [3.05, 3.63) is 48.0 Å². The molecule has 0 saturated carbocycles. The van der Waals surface area contributed by atoms with E-state index < -0.39 is 0 Å². The molecular weight excluding hydrogens is 496 g/mol. The van der Waals surface area contributed by atoms with Gasteiger partial charge in [0.05, 0.1) is 17.6 Å². The molecule has 218 valence electrons. The Morgan fingerprint density at radius 2 is 1.60 bits per heavy atom. The summed E-state index contributed by atoms with van der Waals surface area (Å²) in [6.07, 6.45) is 7.06. The van der Waals surface area contributed by atoms with Crippen LogP contribution in [0.3, 0.4) is 0 Å². The fraction of sp³-hybridized carbons (Fsp3) is 0.588. The van der Waals surface area contributed by atoms with Crippen molar-refractivity contribution in [3.8, 4) is 17.1 Å². The summed E-state index contributed by atoms with van der Waals surface area (Å²) in [6, 6.07) is 14.3. The van der Waals surface area contributed by atoms with Crippen molar-refractivity contribution in [2.45, 2.75) is 79.7 Å². The standard InChI is InChI=1S/C34H50N4O2/c1-6-40-30-14-11-28(12-15-30)33-35-31-16-13-29(34(39)37(23-17-26(2)3)24-18-27(4)5)25-32(31)38(33)22-10-21-36-19-8-7-9-20-36/h11-16,25-27H,6-10,17-24H2,1-5H3. The number of hydrogen-bond acceptors (Lipinski definition) is 4. The Morgan fingerprint density at radius 3 is 2.23 bits per heavy atom. The number of amides is 1. The lowest BCUT2D eigenvalue weighted by molar-refractivity contribution is 0.0741. The van der Waals surface area contributed by atoms with Crippen molar-refractivity contribution < 1.29 is 9.53 Å². The number of benzene rings is 2. The lowest BCUT2D eigenvalue weighted by atomic mass is 10.1. The number of aromatic nitrogens is 2. The van der Waals surface area contributed by atoms with Crippen LogP contribution < -0.4 is 4.74 Å². The van der Waals surface area contributed by atoms with Crippen molar-refractivity contribution >= 4 is 16.9 Å². The molecule has 0 N–H and O–H groups in total. The number of piperidine rings is 1. The molecule has 0 unspecified atom stereocenters. The van der Waals surface area contributed by atoms with E-state index in [0.29, 0.717) is 18.4 Å². The van der Waals surface area contributed by atoms with E-state index in [0.717, 1.165) is 79.2 Å². The number of fused-ring (bicyclic) bond motifs is 1. The molecule has 40 heavy (non-hydrogen) atoms. The smallest absolute Gasteiger partial charge is 0.253 e. The fourth-order valence-electron chi connectivity index (χ4n) is 5.53. The number of rotatable bonds is 14. The lowest BCUT2D eigenvalue weighted by Crippen LogP contribution is -2.34. The Kier molecular flexibility index (Phi) is 11.0. The number of carbonyl (C=O) groups is 1. The molecule has 1 fully saturated rings. The van der Waals surface area contributed by atoms with Crippen molar-refractivity contribution in [2.75, 3.05) is 39.3 Å². The minimum atomic E-state index is 0.131. The minimum absolute atomic E-state index is 0.131. The van der Waals surface area contributed by atoms with Crippen LogP contribution in [0.15, 0.2) is 42.5 Å². The Labute approximate surface area is 241 Å². The molecule has 2 aromatic carbocycles. The van der Waals surface area contributed by atoms with Gasteiger partial charge in [0.25, 0.3) is 5.91 Å². The molecule has 0 radical (unpaired) electrons. The molecule has 1 saturated heterocycles. The number of imidazole rings is 1. The van der Waals surface area contributed by atoms with Gasteiger partial charge in [0.15, 0.2) is 0 Å². The number of likely N-dealkylation sites (tertiary alicyclic amines) is 1. The maximum atomic E-state index is 13.8. The van der Waals surface area contributed by atoms with E-state index in [-0.39, 0.29) is 5.91 Å². The third-order valence-corrected chi connectivity index (χ3v) is 7.96. The first kappa shape index (κ1) is 30.1. The van der Waals surface area contributed by atoms with Gasteiger partial charge in [-0.3, -0.25) is 4.79 Å². The summed E-state index contributed by atoms with van der Waals surface area (Å²) in [6.45, 7) is 17.5. The van der Waals surface area contributed by atoms with Crippen LogP contribution in [-0.4, -0.2) is 64.6 Å². The second kappa shape index (κ2) is 14.7. The molecule has 0 aliphatic carbocycles. The van der Waals surface area contributed by atoms with Gasteiger partial charge in [-0.2, -0.15) is 0 Å². The molecule has 0 atom stereocenters. The summed E-state index contributed by atoms with van der Waals surface area (Å²) in [5.41, 5.74) is 3.81. The molecule has 6 nitrogen and oxygen atoms in total. The molecule has 1 aromatic heterocycles. The topological polar surface area (TPSA) is 50.6 Å². The summed E-state index contributed by atoms with van der Waals surface area (Å²) in [5, 5.41) is 0. The van der Waals surface area contributed by atoms with Crippen LogP contribution in [0, 0.1) is 11.8 Å². The molecule has 2 heterocycles. The summed E-state index contributed by atoms with van der Waals surface area (Å²) in [4.78, 5) is 23.5. The highest BCUT2D eigenvalue weighted by Gasteiger charge is 2.20. The number of carbonyl (C=O) groups excluding carboxylic acids is 1. The highest BCUT2D eigenvalue weighted by atomic mass is 16.5. The maximum Gasteiger partial charge on any atom is 0.253 e. The monoisotopic (exact) mass is 546 g/mol. The molecule has 3 aromatic rings. The highest BCUT2D eigenvalue weighted by Crippen LogP contribution is 2.28. The number of hydrogen-bond donors (Lipinski definition) is 0. The summed E-state index contributed by atoms with van der Waals surface area (Å²) < 4.78 is 8.01. The fourth-order valence-corrected chi connectivity index (χ4v) is 5.53. The first-order valence-electron chi connectivity index (χ1n) is 15.6. The molecule has 0 bridgehead atoms. The Balaban J connectivity index is 1.64. The van der Waals surface area contributed by atoms with Gasteiger partial charge in [0.2, 0.25) is 0 Å². The van der Waals surface area contributed by atoms with Gasteiger partial charge in [0.1, 0.15) is 11.6 Å². The van der Waals surface area contributed by atoms with Gasteiger partial charge in [-0.25, -0.2) is 4.98 Å². The van der Waals surface area contributed by atoms with Crippen LogP contribution in [0.5, 0.6) is 5.75 Å². The van der Waals surface area contributed by atoms with Crippen LogP contribution in [0.25, 0.3) is 22.4 Å². The zero-order chi connectivity index (χ0) is 28.5. The molecule has 1 aliphatic rings. The molecule has 4 rings (SSSR count). The summed E-state index contributed by atoms with van der Waals surface area (Å²) in [5.74, 6) is 3.09. The lowest BCUT2D eigenvalue weighted by Gasteiger charge is -2.26. The van der Waals surface area contributed by atoms with Crippen LogP contribution in [0.4, 0.5) is 0 Å². The Bertz CT molecular complexity index is 1200. The predicted molar refractivity (Wildman–Crippen MR) is 166 cm³/mol. The largest absolute Gasteiger partial charge is 0.494 e. The van der Waals surface area contributed by atoms with Crippen molar-refractivity contribution in [1.82, 2.24) is 19.4 Å². The molecule has 1 amide bonds. The van der Waals surface area contributed by atoms with Gasteiger partial charge < -0.3 is 19.1 Å².